The van der Waals surface area contributed by atoms with Crippen molar-refractivity contribution in [3.05, 3.63) is 114 Å². The van der Waals surface area contributed by atoms with Crippen molar-refractivity contribution < 1.29 is 14.3 Å². The number of allylic oxidation sites excluding steroid dienone is 1. The average Bonchev–Trinajstić information content (AvgIpc) is 3.35. The van der Waals surface area contributed by atoms with Crippen LogP contribution >= 0.6 is 0 Å². The topological polar surface area (TPSA) is 53.4 Å². The van der Waals surface area contributed by atoms with Crippen molar-refractivity contribution in [2.24, 2.45) is 0 Å². The maximum absolute atomic E-state index is 11.5. The predicted octanol–water partition coefficient (Wildman–Crippen LogP) is 7.13. The van der Waals surface area contributed by atoms with Crippen LogP contribution in [0.5, 0.6) is 5.75 Å². The first-order valence-corrected chi connectivity index (χ1v) is 12.4. The molecule has 5 aromatic rings. The number of aromatic nitrogens is 2. The van der Waals surface area contributed by atoms with Gasteiger partial charge in [0.1, 0.15) is 11.6 Å². The van der Waals surface area contributed by atoms with Gasteiger partial charge in [-0.2, -0.15) is 0 Å². The van der Waals surface area contributed by atoms with Crippen molar-refractivity contribution in [2.45, 2.75) is 19.3 Å². The van der Waals surface area contributed by atoms with Crippen LogP contribution in [0.4, 0.5) is 0 Å². The molecule has 0 saturated carbocycles. The Hall–Kier alpha value is -4.64. The molecule has 0 aliphatic carbocycles. The number of hydrogen-bond donors (Lipinski definition) is 0. The third-order valence-corrected chi connectivity index (χ3v) is 6.76. The highest BCUT2D eigenvalue weighted by Crippen LogP contribution is 2.34. The quantitative estimate of drug-likeness (QED) is 0.240. The lowest BCUT2D eigenvalue weighted by atomic mass is 9.95. The van der Waals surface area contributed by atoms with E-state index in [9.17, 15) is 4.79 Å². The Bertz CT molecular complexity index is 1620. The Labute approximate surface area is 215 Å². The summed E-state index contributed by atoms with van der Waals surface area (Å²) in [6.07, 6.45) is 3.52. The first kappa shape index (κ1) is 22.8. The van der Waals surface area contributed by atoms with Crippen LogP contribution in [0, 0.1) is 0 Å². The van der Waals surface area contributed by atoms with E-state index in [0.29, 0.717) is 12.8 Å². The number of rotatable bonds is 6. The van der Waals surface area contributed by atoms with E-state index in [-0.39, 0.29) is 5.97 Å². The van der Waals surface area contributed by atoms with E-state index >= 15 is 0 Å². The summed E-state index contributed by atoms with van der Waals surface area (Å²) in [4.78, 5) is 16.5. The molecule has 0 unspecified atom stereocenters. The van der Waals surface area contributed by atoms with Gasteiger partial charge in [-0.3, -0.25) is 9.36 Å². The largest absolute Gasteiger partial charge is 0.469 e. The van der Waals surface area contributed by atoms with Gasteiger partial charge in [-0.05, 0) is 65.1 Å². The zero-order valence-electron chi connectivity index (χ0n) is 20.6. The Balaban J connectivity index is 1.30. The molecular weight excluding hydrogens is 460 g/mol. The van der Waals surface area contributed by atoms with E-state index in [1.807, 2.05) is 36.4 Å². The maximum Gasteiger partial charge on any atom is 0.305 e. The van der Waals surface area contributed by atoms with Crippen LogP contribution < -0.4 is 4.74 Å². The molecule has 4 aromatic carbocycles. The predicted molar refractivity (Wildman–Crippen MR) is 146 cm³/mol. The Morgan fingerprint density at radius 1 is 0.892 bits per heavy atom. The summed E-state index contributed by atoms with van der Waals surface area (Å²) in [5.41, 5.74) is 8.65. The van der Waals surface area contributed by atoms with Gasteiger partial charge in [0.15, 0.2) is 0 Å². The van der Waals surface area contributed by atoms with Gasteiger partial charge >= 0.3 is 5.97 Å². The van der Waals surface area contributed by atoms with Crippen LogP contribution in [0.25, 0.3) is 39.2 Å². The van der Waals surface area contributed by atoms with Gasteiger partial charge in [-0.1, -0.05) is 60.7 Å². The summed E-state index contributed by atoms with van der Waals surface area (Å²) in [5.74, 6) is 1.57. The van der Waals surface area contributed by atoms with Crippen molar-refractivity contribution in [1.82, 2.24) is 9.55 Å². The van der Waals surface area contributed by atoms with Crippen LogP contribution in [0.15, 0.2) is 109 Å². The second-order valence-electron chi connectivity index (χ2n) is 9.14. The first-order chi connectivity index (χ1) is 18.2. The van der Waals surface area contributed by atoms with Gasteiger partial charge in [-0.15, -0.1) is 0 Å². The fourth-order valence-corrected chi connectivity index (χ4v) is 4.83. The number of para-hydroxylation sites is 3. The zero-order chi connectivity index (χ0) is 25.2. The summed E-state index contributed by atoms with van der Waals surface area (Å²) in [6.45, 7) is 0. The molecule has 1 aromatic heterocycles. The number of methoxy groups -OCH3 is 1. The monoisotopic (exact) mass is 486 g/mol. The van der Waals surface area contributed by atoms with Gasteiger partial charge in [0.2, 0.25) is 0 Å². The minimum Gasteiger partial charge on any atom is -0.469 e. The van der Waals surface area contributed by atoms with Crippen molar-refractivity contribution >= 4 is 17.0 Å². The normalized spacial score (nSPS) is 12.5. The zero-order valence-corrected chi connectivity index (χ0v) is 20.6. The SMILES string of the molecule is COC(=O)CCC1=COc2ccc(-c3ccc(-c4nc5ccccc5n4-c4ccccc4)cc3)cc2C1. The lowest BCUT2D eigenvalue weighted by Crippen LogP contribution is -2.06. The first-order valence-electron chi connectivity index (χ1n) is 12.4. The molecule has 37 heavy (non-hydrogen) atoms. The molecule has 5 nitrogen and oxygen atoms in total. The molecule has 0 radical (unpaired) electrons. The number of ether oxygens (including phenoxy) is 2. The number of nitrogens with zero attached hydrogens (tertiary/aromatic N) is 2. The fourth-order valence-electron chi connectivity index (χ4n) is 4.83. The number of hydrogen-bond acceptors (Lipinski definition) is 4. The summed E-state index contributed by atoms with van der Waals surface area (Å²) in [5, 5.41) is 0. The van der Waals surface area contributed by atoms with E-state index in [4.69, 9.17) is 14.5 Å². The smallest absolute Gasteiger partial charge is 0.305 e. The van der Waals surface area contributed by atoms with E-state index in [1.165, 1.54) is 7.11 Å². The third-order valence-electron chi connectivity index (χ3n) is 6.76. The van der Waals surface area contributed by atoms with Crippen molar-refractivity contribution in [2.75, 3.05) is 7.11 Å². The van der Waals surface area contributed by atoms with Crippen molar-refractivity contribution in [3.8, 4) is 34.0 Å². The number of benzene rings is 4. The van der Waals surface area contributed by atoms with E-state index in [1.54, 1.807) is 6.26 Å². The van der Waals surface area contributed by atoms with Crippen LogP contribution in [0.3, 0.4) is 0 Å². The van der Waals surface area contributed by atoms with Crippen LogP contribution in [-0.4, -0.2) is 22.6 Å². The lowest BCUT2D eigenvalue weighted by Gasteiger charge is -2.18. The number of fused-ring (bicyclic) bond motifs is 2. The van der Waals surface area contributed by atoms with Crippen LogP contribution in [0.2, 0.25) is 0 Å². The van der Waals surface area contributed by atoms with Crippen LogP contribution in [-0.2, 0) is 16.0 Å². The fraction of sp³-hybridized carbons (Fsp3) is 0.125. The summed E-state index contributed by atoms with van der Waals surface area (Å²) < 4.78 is 12.8. The van der Waals surface area contributed by atoms with Crippen molar-refractivity contribution in [3.63, 3.8) is 0 Å². The minimum absolute atomic E-state index is 0.207. The number of imidazole rings is 1. The molecule has 5 heteroatoms. The highest BCUT2D eigenvalue weighted by molar-refractivity contribution is 5.83. The molecule has 1 aliphatic rings. The van der Waals surface area contributed by atoms with Gasteiger partial charge in [0.05, 0.1) is 24.4 Å². The molecule has 0 saturated heterocycles. The van der Waals surface area contributed by atoms with Gasteiger partial charge < -0.3 is 9.47 Å². The Morgan fingerprint density at radius 3 is 2.43 bits per heavy atom. The molecular formula is C32H26N2O3. The van der Waals surface area contributed by atoms with Crippen molar-refractivity contribution in [1.29, 1.82) is 0 Å². The molecule has 0 atom stereocenters. The van der Waals surface area contributed by atoms with Gasteiger partial charge in [0.25, 0.3) is 0 Å². The molecule has 0 N–H and O–H groups in total. The van der Waals surface area contributed by atoms with Gasteiger partial charge in [0, 0.05) is 24.1 Å². The average molecular weight is 487 g/mol. The van der Waals surface area contributed by atoms with E-state index in [2.05, 4.69) is 65.2 Å². The molecule has 0 spiro atoms. The Kier molecular flexibility index (Phi) is 6.03. The second kappa shape index (κ2) is 9.78. The highest BCUT2D eigenvalue weighted by Gasteiger charge is 2.17. The van der Waals surface area contributed by atoms with E-state index < -0.39 is 0 Å². The highest BCUT2D eigenvalue weighted by atomic mass is 16.5. The van der Waals surface area contributed by atoms with Crippen LogP contribution in [0.1, 0.15) is 18.4 Å². The minimum atomic E-state index is -0.207. The number of esters is 1. The number of carbonyl (C=O) groups excluding carboxylic acids is 1. The lowest BCUT2D eigenvalue weighted by molar-refractivity contribution is -0.140. The molecule has 2 heterocycles. The molecule has 182 valence electrons. The number of carbonyl (C=O) groups is 1. The standard InChI is InChI=1S/C32H26N2O3/c1-36-31(35)18-11-22-19-26-20-25(16-17-30(26)37-21-22)23-12-14-24(15-13-23)32-33-28-9-5-6-10-29(28)34(32)27-7-3-2-4-8-27/h2-10,12-17,20-21H,11,18-19H2,1H3. The summed E-state index contributed by atoms with van der Waals surface area (Å²) >= 11 is 0. The molecule has 0 bridgehead atoms. The maximum atomic E-state index is 11.5. The summed E-state index contributed by atoms with van der Waals surface area (Å²) in [6, 6.07) is 33.4. The molecule has 6 rings (SSSR count). The Morgan fingerprint density at radius 2 is 1.62 bits per heavy atom. The molecule has 1 aliphatic heterocycles. The van der Waals surface area contributed by atoms with E-state index in [0.717, 1.165) is 62.5 Å². The van der Waals surface area contributed by atoms with Gasteiger partial charge in [-0.25, -0.2) is 4.98 Å². The molecule has 0 fully saturated rings. The summed E-state index contributed by atoms with van der Waals surface area (Å²) in [7, 11) is 1.41. The third kappa shape index (κ3) is 4.52. The molecule has 0 amide bonds. The second-order valence-corrected chi connectivity index (χ2v) is 9.14.